The zero-order valence-electron chi connectivity index (χ0n) is 13.1. The van der Waals surface area contributed by atoms with Crippen LogP contribution in [0.1, 0.15) is 31.5 Å². The number of hydrogen-bond donors (Lipinski definition) is 2. The Morgan fingerprint density at radius 1 is 1.48 bits per heavy atom. The predicted molar refractivity (Wildman–Crippen MR) is 85.0 cm³/mol. The molecule has 1 aliphatic heterocycles. The molecule has 6 nitrogen and oxygen atoms in total. The van der Waals surface area contributed by atoms with Crippen LogP contribution in [0.5, 0.6) is 0 Å². The zero-order valence-corrected chi connectivity index (χ0v) is 13.1. The molecule has 1 aromatic rings. The van der Waals surface area contributed by atoms with Gasteiger partial charge in [-0.15, -0.1) is 0 Å². The van der Waals surface area contributed by atoms with Crippen molar-refractivity contribution in [2.75, 3.05) is 31.1 Å². The molecule has 2 rings (SSSR count). The van der Waals surface area contributed by atoms with Gasteiger partial charge in [-0.1, -0.05) is 19.0 Å². The number of aryl methyl sites for hydroxylation is 1. The van der Waals surface area contributed by atoms with Crippen molar-refractivity contribution in [3.63, 3.8) is 0 Å². The Kier molecular flexibility index (Phi) is 5.01. The molecule has 1 atom stereocenters. The number of oxime groups is 1. The fourth-order valence-electron chi connectivity index (χ4n) is 3.01. The molecule has 1 saturated heterocycles. The van der Waals surface area contributed by atoms with Gasteiger partial charge in [-0.2, -0.15) is 0 Å². The number of pyridine rings is 1. The summed E-state index contributed by atoms with van der Waals surface area (Å²) in [6, 6.07) is 4.30. The summed E-state index contributed by atoms with van der Waals surface area (Å²) in [5.74, 6) is 1.03. The van der Waals surface area contributed by atoms with E-state index in [2.05, 4.69) is 33.8 Å². The highest BCUT2D eigenvalue weighted by atomic mass is 16.4. The number of amidine groups is 1. The standard InChI is InChI=1S/C15H25N5O/c1-4-19(5-2)13-6-7-20(10-13)14-9-12(15(16)18-21)8-11(3)17-14/h8-9,13,21H,4-7,10H2,1-3H3,(H2,16,18). The Morgan fingerprint density at radius 3 is 2.81 bits per heavy atom. The lowest BCUT2D eigenvalue weighted by atomic mass is 10.2. The molecule has 0 aromatic carbocycles. The van der Waals surface area contributed by atoms with E-state index in [1.54, 1.807) is 0 Å². The van der Waals surface area contributed by atoms with Crippen LogP contribution in [0.4, 0.5) is 5.82 Å². The lowest BCUT2D eigenvalue weighted by Gasteiger charge is -2.26. The molecule has 0 aliphatic carbocycles. The highest BCUT2D eigenvalue weighted by Gasteiger charge is 2.27. The van der Waals surface area contributed by atoms with Gasteiger partial charge in [-0.25, -0.2) is 4.98 Å². The van der Waals surface area contributed by atoms with Crippen LogP contribution in [-0.4, -0.2) is 53.1 Å². The number of rotatable bonds is 5. The number of nitrogens with two attached hydrogens (primary N) is 1. The molecule has 0 saturated carbocycles. The topological polar surface area (TPSA) is 78.0 Å². The molecule has 1 aliphatic rings. The van der Waals surface area contributed by atoms with Crippen molar-refractivity contribution in [3.8, 4) is 0 Å². The first kappa shape index (κ1) is 15.6. The van der Waals surface area contributed by atoms with Gasteiger partial charge in [-0.05, 0) is 38.6 Å². The van der Waals surface area contributed by atoms with Crippen LogP contribution >= 0.6 is 0 Å². The maximum absolute atomic E-state index is 8.84. The monoisotopic (exact) mass is 291 g/mol. The Morgan fingerprint density at radius 2 is 2.19 bits per heavy atom. The minimum atomic E-state index is 0.126. The van der Waals surface area contributed by atoms with E-state index >= 15 is 0 Å². The highest BCUT2D eigenvalue weighted by molar-refractivity contribution is 5.97. The summed E-state index contributed by atoms with van der Waals surface area (Å²) in [5, 5.41) is 11.9. The quantitative estimate of drug-likeness (QED) is 0.371. The number of anilines is 1. The summed E-state index contributed by atoms with van der Waals surface area (Å²) >= 11 is 0. The number of hydrogen-bond acceptors (Lipinski definition) is 5. The molecule has 3 N–H and O–H groups in total. The van der Waals surface area contributed by atoms with Crippen LogP contribution in [0.15, 0.2) is 17.3 Å². The van der Waals surface area contributed by atoms with Crippen LogP contribution in [0.2, 0.25) is 0 Å². The molecule has 21 heavy (non-hydrogen) atoms. The number of likely N-dealkylation sites (N-methyl/N-ethyl adjacent to an activating group) is 1. The van der Waals surface area contributed by atoms with Gasteiger partial charge in [0.2, 0.25) is 0 Å². The van der Waals surface area contributed by atoms with Gasteiger partial charge in [-0.3, -0.25) is 4.90 Å². The largest absolute Gasteiger partial charge is 0.409 e. The Balaban J connectivity index is 2.18. The summed E-state index contributed by atoms with van der Waals surface area (Å²) in [6.45, 7) is 10.5. The van der Waals surface area contributed by atoms with E-state index in [1.807, 2.05) is 19.1 Å². The summed E-state index contributed by atoms with van der Waals surface area (Å²) in [5.41, 5.74) is 7.28. The summed E-state index contributed by atoms with van der Waals surface area (Å²) < 4.78 is 0. The third-order valence-electron chi connectivity index (χ3n) is 4.16. The van der Waals surface area contributed by atoms with E-state index in [0.29, 0.717) is 11.6 Å². The second-order valence-electron chi connectivity index (χ2n) is 5.45. The highest BCUT2D eigenvalue weighted by Crippen LogP contribution is 2.23. The molecule has 0 amide bonds. The van der Waals surface area contributed by atoms with Crippen molar-refractivity contribution in [2.45, 2.75) is 33.2 Å². The van der Waals surface area contributed by atoms with Gasteiger partial charge in [0.15, 0.2) is 5.84 Å². The van der Waals surface area contributed by atoms with Crippen LogP contribution in [0.3, 0.4) is 0 Å². The maximum Gasteiger partial charge on any atom is 0.170 e. The molecule has 116 valence electrons. The summed E-state index contributed by atoms with van der Waals surface area (Å²) in [4.78, 5) is 9.36. The van der Waals surface area contributed by atoms with E-state index in [0.717, 1.165) is 44.1 Å². The predicted octanol–water partition coefficient (Wildman–Crippen LogP) is 1.41. The Labute approximate surface area is 126 Å². The molecule has 1 fully saturated rings. The normalized spacial score (nSPS) is 19.5. The number of aromatic nitrogens is 1. The minimum Gasteiger partial charge on any atom is -0.409 e. The van der Waals surface area contributed by atoms with Gasteiger partial charge < -0.3 is 15.8 Å². The number of nitrogens with zero attached hydrogens (tertiary/aromatic N) is 4. The van der Waals surface area contributed by atoms with Crippen LogP contribution < -0.4 is 10.6 Å². The molecule has 0 radical (unpaired) electrons. The molecular weight excluding hydrogens is 266 g/mol. The molecular formula is C15H25N5O. The van der Waals surface area contributed by atoms with Crippen LogP contribution in [0, 0.1) is 6.92 Å². The molecule has 1 unspecified atom stereocenters. The van der Waals surface area contributed by atoms with E-state index in [-0.39, 0.29) is 5.84 Å². The van der Waals surface area contributed by atoms with E-state index in [1.165, 1.54) is 0 Å². The van der Waals surface area contributed by atoms with Crippen LogP contribution in [0.25, 0.3) is 0 Å². The van der Waals surface area contributed by atoms with Gasteiger partial charge in [0.1, 0.15) is 5.82 Å². The van der Waals surface area contributed by atoms with Gasteiger partial charge in [0, 0.05) is 30.4 Å². The van der Waals surface area contributed by atoms with Gasteiger partial charge in [0.05, 0.1) is 0 Å². The van der Waals surface area contributed by atoms with E-state index in [4.69, 9.17) is 10.9 Å². The van der Waals surface area contributed by atoms with Crippen molar-refractivity contribution in [1.82, 2.24) is 9.88 Å². The molecule has 0 bridgehead atoms. The second-order valence-corrected chi connectivity index (χ2v) is 5.45. The minimum absolute atomic E-state index is 0.126. The third kappa shape index (κ3) is 3.44. The van der Waals surface area contributed by atoms with Crippen molar-refractivity contribution >= 4 is 11.7 Å². The third-order valence-corrected chi connectivity index (χ3v) is 4.16. The molecule has 6 heteroatoms. The molecule has 1 aromatic heterocycles. The molecule has 0 spiro atoms. The summed E-state index contributed by atoms with van der Waals surface area (Å²) in [7, 11) is 0. The van der Waals surface area contributed by atoms with Crippen LogP contribution in [-0.2, 0) is 0 Å². The van der Waals surface area contributed by atoms with Gasteiger partial charge in [0.25, 0.3) is 0 Å². The summed E-state index contributed by atoms with van der Waals surface area (Å²) in [6.07, 6.45) is 1.15. The fourth-order valence-corrected chi connectivity index (χ4v) is 3.01. The fraction of sp³-hybridized carbons (Fsp3) is 0.600. The first-order chi connectivity index (χ1) is 10.1. The Hall–Kier alpha value is -1.82. The van der Waals surface area contributed by atoms with Crippen molar-refractivity contribution in [2.24, 2.45) is 10.9 Å². The first-order valence-corrected chi connectivity index (χ1v) is 7.54. The molecule has 2 heterocycles. The second kappa shape index (κ2) is 6.76. The average molecular weight is 291 g/mol. The van der Waals surface area contributed by atoms with E-state index in [9.17, 15) is 0 Å². The Bertz CT molecular complexity index is 513. The smallest absolute Gasteiger partial charge is 0.170 e. The van der Waals surface area contributed by atoms with Crippen molar-refractivity contribution < 1.29 is 5.21 Å². The average Bonchev–Trinajstić information content (AvgIpc) is 2.97. The zero-order chi connectivity index (χ0) is 15.4. The maximum atomic E-state index is 8.84. The lowest BCUT2D eigenvalue weighted by molar-refractivity contribution is 0.232. The lowest BCUT2D eigenvalue weighted by Crippen LogP contribution is -2.37. The van der Waals surface area contributed by atoms with E-state index < -0.39 is 0 Å². The van der Waals surface area contributed by atoms with Gasteiger partial charge >= 0.3 is 0 Å². The van der Waals surface area contributed by atoms with Crippen molar-refractivity contribution in [3.05, 3.63) is 23.4 Å². The SMILES string of the molecule is CCN(CC)C1CCN(c2cc(/C(N)=N/O)cc(C)n2)C1. The van der Waals surface area contributed by atoms with Crippen molar-refractivity contribution in [1.29, 1.82) is 0 Å². The first-order valence-electron chi connectivity index (χ1n) is 7.54.